The van der Waals surface area contributed by atoms with Crippen LogP contribution in [0, 0.1) is 11.8 Å². The van der Waals surface area contributed by atoms with Crippen molar-refractivity contribution in [1.82, 2.24) is 4.90 Å². The van der Waals surface area contributed by atoms with Crippen LogP contribution in [0.25, 0.3) is 0 Å². The van der Waals surface area contributed by atoms with Gasteiger partial charge in [-0.15, -0.1) is 6.58 Å². The SMILES string of the molecule is C=C[C@@H]1[C@H](O[C@H]2O[C@@H](CO)[C@@H](O)[C@@H](O)[C@H]2O)OC=C(C(=O)OC)[C@@H]1C[C@@H]1c2cc(O)c(O)cc2CCN1C(C)=O. The second-order valence-electron chi connectivity index (χ2n) is 10.1. The van der Waals surface area contributed by atoms with E-state index in [1.54, 1.807) is 4.90 Å². The van der Waals surface area contributed by atoms with Gasteiger partial charge in [0.15, 0.2) is 17.8 Å². The summed E-state index contributed by atoms with van der Waals surface area (Å²) in [7, 11) is 1.21. The molecule has 4 rings (SSSR count). The number of phenols is 2. The Bertz CT molecular complexity index is 1150. The van der Waals surface area contributed by atoms with Gasteiger partial charge in [0.1, 0.15) is 24.4 Å². The fourth-order valence-electron chi connectivity index (χ4n) is 5.63. The quantitative estimate of drug-likeness (QED) is 0.142. The zero-order valence-corrected chi connectivity index (χ0v) is 22.1. The minimum absolute atomic E-state index is 0.125. The molecular weight excluding hydrogens is 530 g/mol. The van der Waals surface area contributed by atoms with Gasteiger partial charge in [-0.3, -0.25) is 4.79 Å². The molecule has 0 aliphatic carbocycles. The first-order chi connectivity index (χ1) is 19.0. The van der Waals surface area contributed by atoms with Gasteiger partial charge in [-0.25, -0.2) is 4.79 Å². The maximum atomic E-state index is 12.8. The second kappa shape index (κ2) is 12.1. The largest absolute Gasteiger partial charge is 0.504 e. The van der Waals surface area contributed by atoms with Crippen LogP contribution in [0.1, 0.15) is 30.5 Å². The number of aliphatic hydroxyl groups excluding tert-OH is 4. The van der Waals surface area contributed by atoms with Gasteiger partial charge in [0.25, 0.3) is 0 Å². The molecule has 3 aliphatic rings. The van der Waals surface area contributed by atoms with E-state index in [1.807, 2.05) is 0 Å². The van der Waals surface area contributed by atoms with Gasteiger partial charge in [0, 0.05) is 25.3 Å². The van der Waals surface area contributed by atoms with E-state index in [0.29, 0.717) is 18.5 Å². The molecule has 3 aliphatic heterocycles. The maximum absolute atomic E-state index is 12.8. The minimum Gasteiger partial charge on any atom is -0.504 e. The molecule has 1 aromatic carbocycles. The molecule has 1 amide bonds. The highest BCUT2D eigenvalue weighted by Crippen LogP contribution is 2.45. The number of ether oxygens (including phenoxy) is 4. The Balaban J connectivity index is 1.69. The molecule has 220 valence electrons. The van der Waals surface area contributed by atoms with E-state index in [-0.39, 0.29) is 29.4 Å². The number of aliphatic hydroxyl groups is 4. The molecule has 40 heavy (non-hydrogen) atoms. The lowest BCUT2D eigenvalue weighted by molar-refractivity contribution is -0.339. The number of phenolic OH excluding ortho intramolecular Hbond substituents is 2. The standard InChI is InChI=1S/C27H35NO12/c1-4-14-16(8-18-15-9-20(32)19(31)7-13(15)5-6-28(18)12(2)30)17(25(36)37-3)11-38-26(14)40-27-24(35)23(34)22(33)21(10-29)39-27/h4,7,9,11,14,16,18,21-24,26-27,29,31-35H,1,5-6,8,10H2,2-3H3/t14-,16+,18+,21-,22+,23+,24+,26-,27+/m0/s1. The molecular formula is C27H35NO12. The van der Waals surface area contributed by atoms with E-state index < -0.39 is 67.4 Å². The number of benzene rings is 1. The zero-order chi connectivity index (χ0) is 29.3. The number of esters is 1. The Labute approximate surface area is 230 Å². The Morgan fingerprint density at radius 1 is 1.12 bits per heavy atom. The van der Waals surface area contributed by atoms with Crippen LogP contribution in [0.2, 0.25) is 0 Å². The van der Waals surface area contributed by atoms with Crippen molar-refractivity contribution in [3.8, 4) is 11.5 Å². The third-order valence-corrected chi connectivity index (χ3v) is 7.79. The lowest BCUT2D eigenvalue weighted by Crippen LogP contribution is -2.60. The Morgan fingerprint density at radius 3 is 2.45 bits per heavy atom. The summed E-state index contributed by atoms with van der Waals surface area (Å²) in [4.78, 5) is 27.0. The lowest BCUT2D eigenvalue weighted by Gasteiger charge is -2.44. The zero-order valence-electron chi connectivity index (χ0n) is 22.1. The van der Waals surface area contributed by atoms with E-state index in [4.69, 9.17) is 18.9 Å². The predicted molar refractivity (Wildman–Crippen MR) is 135 cm³/mol. The molecule has 13 heteroatoms. The lowest BCUT2D eigenvalue weighted by atomic mass is 9.76. The van der Waals surface area contributed by atoms with Crippen LogP contribution in [0.3, 0.4) is 0 Å². The highest BCUT2D eigenvalue weighted by molar-refractivity contribution is 5.89. The van der Waals surface area contributed by atoms with Crippen molar-refractivity contribution in [3.63, 3.8) is 0 Å². The molecule has 3 heterocycles. The van der Waals surface area contributed by atoms with Crippen LogP contribution in [0.15, 0.2) is 36.6 Å². The number of amides is 1. The number of carbonyl (C=O) groups excluding carboxylic acids is 2. The Morgan fingerprint density at radius 2 is 1.82 bits per heavy atom. The smallest absolute Gasteiger partial charge is 0.337 e. The summed E-state index contributed by atoms with van der Waals surface area (Å²) in [6.45, 7) is 4.96. The van der Waals surface area contributed by atoms with Gasteiger partial charge in [0.05, 0.1) is 31.6 Å². The van der Waals surface area contributed by atoms with Gasteiger partial charge in [-0.05, 0) is 36.1 Å². The molecule has 6 N–H and O–H groups in total. The van der Waals surface area contributed by atoms with Crippen molar-refractivity contribution in [2.75, 3.05) is 20.3 Å². The van der Waals surface area contributed by atoms with Gasteiger partial charge < -0.3 is 54.5 Å². The van der Waals surface area contributed by atoms with Crippen molar-refractivity contribution in [2.45, 2.75) is 62.8 Å². The van der Waals surface area contributed by atoms with Crippen LogP contribution in [0.4, 0.5) is 0 Å². The number of rotatable bonds is 7. The topological polar surface area (TPSA) is 196 Å². The van der Waals surface area contributed by atoms with Gasteiger partial charge in [-0.2, -0.15) is 0 Å². The molecule has 1 saturated heterocycles. The molecule has 0 spiro atoms. The number of aromatic hydroxyl groups is 2. The molecule has 9 atom stereocenters. The molecule has 13 nitrogen and oxygen atoms in total. The van der Waals surface area contributed by atoms with Gasteiger partial charge in [0.2, 0.25) is 12.2 Å². The fraction of sp³-hybridized carbons (Fsp3) is 0.556. The highest BCUT2D eigenvalue weighted by Gasteiger charge is 2.48. The summed E-state index contributed by atoms with van der Waals surface area (Å²) in [6, 6.07) is 2.22. The van der Waals surface area contributed by atoms with Crippen molar-refractivity contribution < 1.29 is 59.2 Å². The summed E-state index contributed by atoms with van der Waals surface area (Å²) >= 11 is 0. The predicted octanol–water partition coefficient (Wildman–Crippen LogP) is -0.418. The van der Waals surface area contributed by atoms with Crippen molar-refractivity contribution in [1.29, 1.82) is 0 Å². The van der Waals surface area contributed by atoms with Crippen LogP contribution in [-0.4, -0.2) is 105 Å². The van der Waals surface area contributed by atoms with Crippen molar-refractivity contribution >= 4 is 11.9 Å². The summed E-state index contributed by atoms with van der Waals surface area (Å²) in [6.07, 6.45) is -5.67. The number of nitrogens with zero attached hydrogens (tertiary/aromatic N) is 1. The van der Waals surface area contributed by atoms with E-state index >= 15 is 0 Å². The van der Waals surface area contributed by atoms with Crippen LogP contribution in [0.5, 0.6) is 11.5 Å². The molecule has 0 bridgehead atoms. The molecule has 0 radical (unpaired) electrons. The van der Waals surface area contributed by atoms with E-state index in [1.165, 1.54) is 32.2 Å². The molecule has 0 saturated carbocycles. The van der Waals surface area contributed by atoms with Crippen molar-refractivity contribution in [2.24, 2.45) is 11.8 Å². The number of hydrogen-bond donors (Lipinski definition) is 6. The van der Waals surface area contributed by atoms with Crippen molar-refractivity contribution in [3.05, 3.63) is 47.7 Å². The third kappa shape index (κ3) is 5.53. The van der Waals surface area contributed by atoms with Gasteiger partial charge >= 0.3 is 5.97 Å². The fourth-order valence-corrected chi connectivity index (χ4v) is 5.63. The molecule has 1 fully saturated rings. The number of carbonyl (C=O) groups is 2. The number of methoxy groups -OCH3 is 1. The molecule has 1 aromatic rings. The maximum Gasteiger partial charge on any atom is 0.337 e. The minimum atomic E-state index is -1.69. The average Bonchev–Trinajstić information content (AvgIpc) is 2.93. The number of fused-ring (bicyclic) bond motifs is 1. The van der Waals surface area contributed by atoms with E-state index in [9.17, 15) is 40.2 Å². The van der Waals surface area contributed by atoms with Gasteiger partial charge in [-0.1, -0.05) is 6.08 Å². The summed E-state index contributed by atoms with van der Waals surface area (Å²) in [5, 5.41) is 60.5. The summed E-state index contributed by atoms with van der Waals surface area (Å²) < 4.78 is 22.0. The molecule has 0 unspecified atom stereocenters. The normalized spacial score (nSPS) is 33.8. The number of hydrogen-bond acceptors (Lipinski definition) is 12. The van der Waals surface area contributed by atoms with E-state index in [0.717, 1.165) is 11.8 Å². The Hall–Kier alpha value is -3.20. The Kier molecular flexibility index (Phi) is 9.02. The first kappa shape index (κ1) is 29.8. The first-order valence-corrected chi connectivity index (χ1v) is 12.9. The molecule has 0 aromatic heterocycles. The van der Waals surface area contributed by atoms with Crippen LogP contribution < -0.4 is 0 Å². The van der Waals surface area contributed by atoms with E-state index in [2.05, 4.69) is 6.58 Å². The third-order valence-electron chi connectivity index (χ3n) is 7.79. The monoisotopic (exact) mass is 565 g/mol. The first-order valence-electron chi connectivity index (χ1n) is 12.9. The average molecular weight is 566 g/mol. The van der Waals surface area contributed by atoms with Crippen LogP contribution >= 0.6 is 0 Å². The second-order valence-corrected chi connectivity index (χ2v) is 10.1. The highest BCUT2D eigenvalue weighted by atomic mass is 16.8. The van der Waals surface area contributed by atoms with Crippen LogP contribution in [-0.2, 0) is 35.0 Å². The summed E-state index contributed by atoms with van der Waals surface area (Å²) in [5.41, 5.74) is 1.46. The summed E-state index contributed by atoms with van der Waals surface area (Å²) in [5.74, 6) is -3.06.